The van der Waals surface area contributed by atoms with Crippen molar-refractivity contribution in [2.24, 2.45) is 5.92 Å². The van der Waals surface area contributed by atoms with E-state index in [-0.39, 0.29) is 0 Å². The molecule has 1 aliphatic rings. The molecule has 0 saturated carbocycles. The van der Waals surface area contributed by atoms with Crippen LogP contribution >= 0.6 is 0 Å². The molecule has 0 radical (unpaired) electrons. The Hall–Kier alpha value is -1.40. The monoisotopic (exact) mass is 278 g/mol. The van der Waals surface area contributed by atoms with E-state index < -0.39 is 0 Å². The quantitative estimate of drug-likeness (QED) is 0.828. The van der Waals surface area contributed by atoms with E-state index in [9.17, 15) is 0 Å². The molecule has 2 heterocycles. The first-order valence-electron chi connectivity index (χ1n) is 7.31. The summed E-state index contributed by atoms with van der Waals surface area (Å²) in [5, 5.41) is 3.35. The van der Waals surface area contributed by atoms with Crippen LogP contribution in [0.1, 0.15) is 13.8 Å². The first kappa shape index (κ1) is 15.0. The van der Waals surface area contributed by atoms with Gasteiger partial charge in [0.1, 0.15) is 0 Å². The van der Waals surface area contributed by atoms with Crippen molar-refractivity contribution in [3.63, 3.8) is 0 Å². The van der Waals surface area contributed by atoms with E-state index in [0.29, 0.717) is 23.6 Å². The van der Waals surface area contributed by atoms with Gasteiger partial charge in [0.2, 0.25) is 0 Å². The molecule has 3 N–H and O–H groups in total. The Labute approximate surface area is 121 Å². The van der Waals surface area contributed by atoms with Gasteiger partial charge >= 0.3 is 0 Å². The topological polar surface area (TPSA) is 70.3 Å². The summed E-state index contributed by atoms with van der Waals surface area (Å²) >= 11 is 0. The van der Waals surface area contributed by atoms with Crippen molar-refractivity contribution in [3.05, 3.63) is 12.4 Å². The Morgan fingerprint density at radius 2 is 1.85 bits per heavy atom. The predicted molar refractivity (Wildman–Crippen MR) is 82.6 cm³/mol. The zero-order valence-corrected chi connectivity index (χ0v) is 12.7. The molecule has 1 aromatic heterocycles. The third kappa shape index (κ3) is 3.80. The van der Waals surface area contributed by atoms with Crippen LogP contribution in [0.15, 0.2) is 12.4 Å². The minimum absolute atomic E-state index is 0.466. The van der Waals surface area contributed by atoms with E-state index in [1.54, 1.807) is 12.4 Å². The van der Waals surface area contributed by atoms with Crippen LogP contribution in [0.4, 0.5) is 11.6 Å². The van der Waals surface area contributed by atoms with Crippen LogP contribution in [0.3, 0.4) is 0 Å². The molecular weight excluding hydrogens is 252 g/mol. The third-order valence-corrected chi connectivity index (χ3v) is 3.98. The summed E-state index contributed by atoms with van der Waals surface area (Å²) in [5.41, 5.74) is 5.82. The van der Waals surface area contributed by atoms with Crippen molar-refractivity contribution >= 4 is 11.6 Å². The highest BCUT2D eigenvalue weighted by molar-refractivity contribution is 5.54. The van der Waals surface area contributed by atoms with Gasteiger partial charge in [0, 0.05) is 51.2 Å². The molecule has 0 spiro atoms. The predicted octanol–water partition coefficient (Wildman–Crippen LogP) is 0.743. The molecule has 0 aromatic carbocycles. The molecule has 0 bridgehead atoms. The van der Waals surface area contributed by atoms with Gasteiger partial charge in [-0.3, -0.25) is 4.90 Å². The van der Waals surface area contributed by atoms with Gasteiger partial charge in [-0.15, -0.1) is 0 Å². The van der Waals surface area contributed by atoms with Crippen LogP contribution in [-0.2, 0) is 0 Å². The summed E-state index contributed by atoms with van der Waals surface area (Å²) < 4.78 is 0. The zero-order valence-electron chi connectivity index (χ0n) is 12.7. The lowest BCUT2D eigenvalue weighted by Gasteiger charge is -2.40. The van der Waals surface area contributed by atoms with Gasteiger partial charge in [0.05, 0.1) is 0 Å². The fourth-order valence-electron chi connectivity index (χ4n) is 2.63. The lowest BCUT2D eigenvalue weighted by molar-refractivity contribution is 0.0944. The van der Waals surface area contributed by atoms with E-state index in [1.165, 1.54) is 0 Å². The average molecular weight is 278 g/mol. The van der Waals surface area contributed by atoms with Gasteiger partial charge in [0.25, 0.3) is 0 Å². The van der Waals surface area contributed by atoms with Gasteiger partial charge in [0.15, 0.2) is 11.6 Å². The molecule has 0 aliphatic carbocycles. The Balaban J connectivity index is 1.94. The smallest absolute Gasteiger partial charge is 0.168 e. The van der Waals surface area contributed by atoms with Crippen LogP contribution in [0.5, 0.6) is 0 Å². The second-order valence-corrected chi connectivity index (χ2v) is 5.82. The number of likely N-dealkylation sites (N-methyl/N-ethyl adjacent to an activating group) is 1. The fraction of sp³-hybridized carbons (Fsp3) is 0.714. The molecule has 1 aromatic rings. The first-order valence-corrected chi connectivity index (χ1v) is 7.31. The van der Waals surface area contributed by atoms with Gasteiger partial charge < -0.3 is 16.0 Å². The Bertz CT molecular complexity index is 414. The van der Waals surface area contributed by atoms with E-state index in [0.717, 1.165) is 32.7 Å². The van der Waals surface area contributed by atoms with E-state index in [2.05, 4.69) is 46.0 Å². The maximum atomic E-state index is 5.82. The number of hydrogen-bond donors (Lipinski definition) is 2. The van der Waals surface area contributed by atoms with Crippen LogP contribution in [0.25, 0.3) is 0 Å². The van der Waals surface area contributed by atoms with E-state index in [4.69, 9.17) is 5.73 Å². The Morgan fingerprint density at radius 3 is 2.45 bits per heavy atom. The summed E-state index contributed by atoms with van der Waals surface area (Å²) in [4.78, 5) is 13.2. The van der Waals surface area contributed by atoms with Crippen molar-refractivity contribution in [2.75, 3.05) is 50.8 Å². The summed E-state index contributed by atoms with van der Waals surface area (Å²) in [7, 11) is 2.18. The highest BCUT2D eigenvalue weighted by Crippen LogP contribution is 2.16. The van der Waals surface area contributed by atoms with Gasteiger partial charge in [-0.2, -0.15) is 0 Å². The SMILES string of the molecule is CC(C)C(CNc1nccnc1N)N1CCN(C)CC1. The number of anilines is 2. The number of piperazine rings is 1. The normalized spacial score (nSPS) is 19.2. The number of nitrogens with two attached hydrogens (primary N) is 1. The number of aromatic nitrogens is 2. The largest absolute Gasteiger partial charge is 0.381 e. The lowest BCUT2D eigenvalue weighted by Crippen LogP contribution is -2.52. The van der Waals surface area contributed by atoms with Crippen LogP contribution in [-0.4, -0.2) is 65.6 Å². The number of rotatable bonds is 5. The van der Waals surface area contributed by atoms with Gasteiger partial charge in [-0.25, -0.2) is 9.97 Å². The molecule has 1 aliphatic heterocycles. The molecule has 6 nitrogen and oxygen atoms in total. The summed E-state index contributed by atoms with van der Waals surface area (Å²) in [6, 6.07) is 0.491. The number of nitrogen functional groups attached to an aromatic ring is 1. The van der Waals surface area contributed by atoms with Crippen LogP contribution in [0.2, 0.25) is 0 Å². The maximum absolute atomic E-state index is 5.82. The van der Waals surface area contributed by atoms with Crippen LogP contribution < -0.4 is 11.1 Å². The van der Waals surface area contributed by atoms with Gasteiger partial charge in [-0.05, 0) is 13.0 Å². The molecule has 6 heteroatoms. The second kappa shape index (κ2) is 6.85. The fourth-order valence-corrected chi connectivity index (χ4v) is 2.63. The highest BCUT2D eigenvalue weighted by atomic mass is 15.3. The third-order valence-electron chi connectivity index (χ3n) is 3.98. The summed E-state index contributed by atoms with van der Waals surface area (Å²) in [5.74, 6) is 1.74. The van der Waals surface area contributed by atoms with Gasteiger partial charge in [-0.1, -0.05) is 13.8 Å². The van der Waals surface area contributed by atoms with Crippen molar-refractivity contribution in [1.29, 1.82) is 0 Å². The molecule has 112 valence electrons. The minimum Gasteiger partial charge on any atom is -0.381 e. The molecule has 0 amide bonds. The standard InChI is InChI=1S/C14H26N6/c1-11(2)12(20-8-6-19(3)7-9-20)10-18-14-13(15)16-4-5-17-14/h4-5,11-12H,6-10H2,1-3H3,(H2,15,16)(H,17,18). The lowest BCUT2D eigenvalue weighted by atomic mass is 10.0. The highest BCUT2D eigenvalue weighted by Gasteiger charge is 2.24. The molecule has 1 unspecified atom stereocenters. The second-order valence-electron chi connectivity index (χ2n) is 5.82. The summed E-state index contributed by atoms with van der Waals surface area (Å²) in [6.45, 7) is 9.90. The van der Waals surface area contributed by atoms with Crippen molar-refractivity contribution in [3.8, 4) is 0 Å². The van der Waals surface area contributed by atoms with Crippen molar-refractivity contribution in [2.45, 2.75) is 19.9 Å². The van der Waals surface area contributed by atoms with Crippen molar-refractivity contribution in [1.82, 2.24) is 19.8 Å². The van der Waals surface area contributed by atoms with E-state index in [1.807, 2.05) is 0 Å². The minimum atomic E-state index is 0.466. The molecule has 1 saturated heterocycles. The molecule has 20 heavy (non-hydrogen) atoms. The number of nitrogens with zero attached hydrogens (tertiary/aromatic N) is 4. The van der Waals surface area contributed by atoms with Crippen LogP contribution in [0, 0.1) is 5.92 Å². The number of nitrogens with one attached hydrogen (secondary N) is 1. The average Bonchev–Trinajstić information content (AvgIpc) is 2.42. The molecule has 1 atom stereocenters. The zero-order chi connectivity index (χ0) is 14.5. The Morgan fingerprint density at radius 1 is 1.20 bits per heavy atom. The Kier molecular flexibility index (Phi) is 5.14. The molecular formula is C14H26N6. The first-order chi connectivity index (χ1) is 9.58. The van der Waals surface area contributed by atoms with Crippen molar-refractivity contribution < 1.29 is 0 Å². The summed E-state index contributed by atoms with van der Waals surface area (Å²) in [6.07, 6.45) is 3.28. The number of hydrogen-bond acceptors (Lipinski definition) is 6. The molecule has 2 rings (SSSR count). The van der Waals surface area contributed by atoms with E-state index >= 15 is 0 Å². The maximum Gasteiger partial charge on any atom is 0.168 e. The molecule has 1 fully saturated rings.